The molecule has 0 bridgehead atoms. The molecule has 0 aromatic carbocycles. The van der Waals surface area contributed by atoms with Gasteiger partial charge in [0.1, 0.15) is 6.61 Å². The van der Waals surface area contributed by atoms with Crippen molar-refractivity contribution >= 4 is 5.91 Å². The molecule has 0 saturated carbocycles. The van der Waals surface area contributed by atoms with Crippen molar-refractivity contribution in [3.63, 3.8) is 0 Å². The molecule has 0 unspecified atom stereocenters. The molecule has 86 valence electrons. The van der Waals surface area contributed by atoms with Crippen LogP contribution < -0.4 is 5.32 Å². The zero-order valence-corrected chi connectivity index (χ0v) is 9.07. The van der Waals surface area contributed by atoms with Crippen molar-refractivity contribution in [2.75, 3.05) is 39.9 Å². The van der Waals surface area contributed by atoms with Gasteiger partial charge in [0.15, 0.2) is 0 Å². The number of hydrogen-bond donors (Lipinski definition) is 1. The summed E-state index contributed by atoms with van der Waals surface area (Å²) >= 11 is 0. The molecule has 0 aliphatic carbocycles. The maximum Gasteiger partial charge on any atom is 0.248 e. The number of hydrogen-bond acceptors (Lipinski definition) is 4. The second kappa shape index (κ2) is 4.92. The molecule has 2 aliphatic heterocycles. The molecule has 0 aromatic heterocycles. The summed E-state index contributed by atoms with van der Waals surface area (Å²) < 4.78 is 10.6. The van der Waals surface area contributed by atoms with Crippen LogP contribution in [-0.2, 0) is 14.3 Å². The highest BCUT2D eigenvalue weighted by atomic mass is 16.5. The van der Waals surface area contributed by atoms with Crippen molar-refractivity contribution in [3.05, 3.63) is 0 Å². The first-order chi connectivity index (χ1) is 7.29. The van der Waals surface area contributed by atoms with Gasteiger partial charge in [0.05, 0.1) is 12.2 Å². The average Bonchev–Trinajstić information content (AvgIpc) is 2.63. The lowest BCUT2D eigenvalue weighted by atomic mass is 10.2. The third-order valence-corrected chi connectivity index (χ3v) is 3.02. The summed E-state index contributed by atoms with van der Waals surface area (Å²) in [6, 6.07) is 0. The average molecular weight is 214 g/mol. The summed E-state index contributed by atoms with van der Waals surface area (Å²) in [7, 11) is 1.69. The third kappa shape index (κ3) is 2.68. The number of nitrogens with zero attached hydrogens (tertiary/aromatic N) is 1. The van der Waals surface area contributed by atoms with E-state index in [9.17, 15) is 4.79 Å². The fourth-order valence-corrected chi connectivity index (χ4v) is 1.81. The maximum atomic E-state index is 11.7. The number of methoxy groups -OCH3 is 1. The van der Waals surface area contributed by atoms with Gasteiger partial charge in [0.25, 0.3) is 0 Å². The van der Waals surface area contributed by atoms with E-state index in [1.807, 2.05) is 4.90 Å². The van der Waals surface area contributed by atoms with Gasteiger partial charge in [0.2, 0.25) is 5.91 Å². The first-order valence-electron chi connectivity index (χ1n) is 5.42. The van der Waals surface area contributed by atoms with Crippen LogP contribution in [0.15, 0.2) is 0 Å². The van der Waals surface area contributed by atoms with E-state index in [-0.39, 0.29) is 24.7 Å². The Balaban J connectivity index is 1.66. The van der Waals surface area contributed by atoms with Crippen molar-refractivity contribution in [1.82, 2.24) is 10.2 Å². The summed E-state index contributed by atoms with van der Waals surface area (Å²) in [5, 5.41) is 3.10. The van der Waals surface area contributed by atoms with Crippen LogP contribution in [0.5, 0.6) is 0 Å². The highest BCUT2D eigenvalue weighted by molar-refractivity contribution is 5.77. The van der Waals surface area contributed by atoms with E-state index in [1.165, 1.54) is 0 Å². The van der Waals surface area contributed by atoms with Crippen LogP contribution in [-0.4, -0.2) is 62.9 Å². The highest BCUT2D eigenvalue weighted by Crippen LogP contribution is 2.12. The highest BCUT2D eigenvalue weighted by Gasteiger charge is 2.27. The molecule has 2 saturated heterocycles. The summed E-state index contributed by atoms with van der Waals surface area (Å²) in [5.74, 6) is 0.0847. The molecule has 1 atom stereocenters. The van der Waals surface area contributed by atoms with Crippen LogP contribution in [0.1, 0.15) is 6.42 Å². The Labute approximate surface area is 89.7 Å². The molecular formula is C10H18N2O3. The summed E-state index contributed by atoms with van der Waals surface area (Å²) in [6.07, 6.45) is 1.38. The molecular weight excluding hydrogens is 196 g/mol. The molecule has 15 heavy (non-hydrogen) atoms. The van der Waals surface area contributed by atoms with E-state index >= 15 is 0 Å². The second-order valence-corrected chi connectivity index (χ2v) is 4.08. The lowest BCUT2D eigenvalue weighted by molar-refractivity contribution is -0.138. The Morgan fingerprint density at radius 1 is 1.47 bits per heavy atom. The smallest absolute Gasteiger partial charge is 0.248 e. The quantitative estimate of drug-likeness (QED) is 0.667. The Kier molecular flexibility index (Phi) is 3.56. The molecule has 5 heteroatoms. The first-order valence-corrected chi connectivity index (χ1v) is 5.42. The van der Waals surface area contributed by atoms with Crippen molar-refractivity contribution < 1.29 is 14.3 Å². The fraction of sp³-hybridized carbons (Fsp3) is 0.900. The molecule has 0 spiro atoms. The Morgan fingerprint density at radius 2 is 2.27 bits per heavy atom. The van der Waals surface area contributed by atoms with Gasteiger partial charge >= 0.3 is 0 Å². The molecule has 2 aliphatic rings. The number of carbonyl (C=O) groups is 1. The lowest BCUT2D eigenvalue weighted by Gasteiger charge is -2.27. The number of rotatable bonds is 4. The van der Waals surface area contributed by atoms with Gasteiger partial charge in [-0.1, -0.05) is 0 Å². The summed E-state index contributed by atoms with van der Waals surface area (Å²) in [6.45, 7) is 3.45. The van der Waals surface area contributed by atoms with Crippen LogP contribution in [0.2, 0.25) is 0 Å². The number of likely N-dealkylation sites (tertiary alicyclic amines) is 1. The van der Waals surface area contributed by atoms with E-state index < -0.39 is 0 Å². The zero-order valence-electron chi connectivity index (χ0n) is 9.07. The van der Waals surface area contributed by atoms with Gasteiger partial charge < -0.3 is 19.7 Å². The first kappa shape index (κ1) is 10.9. The van der Waals surface area contributed by atoms with Crippen LogP contribution in [0.4, 0.5) is 0 Å². The third-order valence-electron chi connectivity index (χ3n) is 3.02. The minimum absolute atomic E-state index is 0.0847. The molecule has 2 fully saturated rings. The summed E-state index contributed by atoms with van der Waals surface area (Å²) in [4.78, 5) is 13.5. The lowest BCUT2D eigenvalue weighted by Crippen LogP contribution is -2.49. The molecule has 5 nitrogen and oxygen atoms in total. The summed E-state index contributed by atoms with van der Waals surface area (Å²) in [5.41, 5.74) is 0. The van der Waals surface area contributed by atoms with E-state index in [1.54, 1.807) is 7.11 Å². The van der Waals surface area contributed by atoms with E-state index in [0.29, 0.717) is 6.54 Å². The molecule has 0 aromatic rings. The van der Waals surface area contributed by atoms with Crippen molar-refractivity contribution in [1.29, 1.82) is 0 Å². The fourth-order valence-electron chi connectivity index (χ4n) is 1.81. The van der Waals surface area contributed by atoms with E-state index in [2.05, 4.69) is 5.32 Å². The Bertz CT molecular complexity index is 231. The maximum absolute atomic E-state index is 11.7. The number of nitrogens with one attached hydrogen (secondary N) is 1. The van der Waals surface area contributed by atoms with Gasteiger partial charge in [0, 0.05) is 33.3 Å². The second-order valence-electron chi connectivity index (χ2n) is 4.08. The number of carbonyl (C=O) groups excluding carboxylic acids is 1. The van der Waals surface area contributed by atoms with Gasteiger partial charge in [-0.2, -0.15) is 0 Å². The van der Waals surface area contributed by atoms with E-state index in [0.717, 1.165) is 26.1 Å². The number of ether oxygens (including phenoxy) is 2. The topological polar surface area (TPSA) is 50.8 Å². The van der Waals surface area contributed by atoms with E-state index in [4.69, 9.17) is 9.47 Å². The standard InChI is InChI=1S/C10H18N2O3/c1-14-8-2-3-12(6-8)10(13)7-15-9-4-11-5-9/h8-9,11H,2-7H2,1H3/t8-/m1/s1. The molecule has 2 heterocycles. The predicted molar refractivity (Wildman–Crippen MR) is 54.6 cm³/mol. The Hall–Kier alpha value is -0.650. The largest absolute Gasteiger partial charge is 0.380 e. The minimum atomic E-state index is 0.0847. The minimum Gasteiger partial charge on any atom is -0.380 e. The zero-order chi connectivity index (χ0) is 10.7. The molecule has 0 radical (unpaired) electrons. The number of amides is 1. The van der Waals surface area contributed by atoms with Crippen molar-refractivity contribution in [2.45, 2.75) is 18.6 Å². The van der Waals surface area contributed by atoms with Crippen LogP contribution in [0, 0.1) is 0 Å². The normalized spacial score (nSPS) is 26.7. The molecule has 1 amide bonds. The molecule has 2 rings (SSSR count). The monoisotopic (exact) mass is 214 g/mol. The van der Waals surface area contributed by atoms with Gasteiger partial charge in [-0.15, -0.1) is 0 Å². The van der Waals surface area contributed by atoms with Crippen molar-refractivity contribution in [3.8, 4) is 0 Å². The van der Waals surface area contributed by atoms with Crippen LogP contribution >= 0.6 is 0 Å². The predicted octanol–water partition coefficient (Wildman–Crippen LogP) is -0.778. The van der Waals surface area contributed by atoms with Crippen LogP contribution in [0.25, 0.3) is 0 Å². The van der Waals surface area contributed by atoms with Crippen molar-refractivity contribution in [2.24, 2.45) is 0 Å². The SMILES string of the molecule is CO[C@@H]1CCN(C(=O)COC2CNC2)C1. The Morgan fingerprint density at radius 3 is 2.80 bits per heavy atom. The molecule has 1 N–H and O–H groups in total. The van der Waals surface area contributed by atoms with Crippen LogP contribution in [0.3, 0.4) is 0 Å². The van der Waals surface area contributed by atoms with Gasteiger partial charge in [-0.05, 0) is 6.42 Å². The van der Waals surface area contributed by atoms with Gasteiger partial charge in [-0.25, -0.2) is 0 Å². The van der Waals surface area contributed by atoms with Gasteiger partial charge in [-0.3, -0.25) is 4.79 Å².